The standard InChI is InChI=1S/C12H27N3O.HI/c1-10(2)5-7-16-8-6-14-12(13)15-9-11(3)4;/h10-11H,5-9H2,1-4H3,(H3,13,14,15);1H. The van der Waals surface area contributed by atoms with Gasteiger partial charge in [0.15, 0.2) is 5.96 Å². The third-order valence-corrected chi connectivity index (χ3v) is 2.02. The van der Waals surface area contributed by atoms with E-state index in [-0.39, 0.29) is 24.0 Å². The second-order valence-electron chi connectivity index (χ2n) is 4.84. The summed E-state index contributed by atoms with van der Waals surface area (Å²) in [6.45, 7) is 11.6. The van der Waals surface area contributed by atoms with E-state index in [0.29, 0.717) is 24.4 Å². The molecule has 0 spiro atoms. The fraction of sp³-hybridized carbons (Fsp3) is 0.917. The minimum absolute atomic E-state index is 0. The number of nitrogens with two attached hydrogens (primary N) is 1. The van der Waals surface area contributed by atoms with Crippen molar-refractivity contribution >= 4 is 29.9 Å². The van der Waals surface area contributed by atoms with Crippen molar-refractivity contribution < 1.29 is 4.74 Å². The van der Waals surface area contributed by atoms with Gasteiger partial charge in [0.2, 0.25) is 0 Å². The highest BCUT2D eigenvalue weighted by Gasteiger charge is 1.95. The quantitative estimate of drug-likeness (QED) is 0.303. The number of rotatable bonds is 8. The molecule has 0 fully saturated rings. The minimum Gasteiger partial charge on any atom is -0.380 e. The molecule has 0 bridgehead atoms. The Labute approximate surface area is 123 Å². The average molecular weight is 357 g/mol. The number of aliphatic imine (C=N–C) groups is 1. The van der Waals surface area contributed by atoms with Crippen molar-refractivity contribution in [2.75, 3.05) is 26.3 Å². The molecule has 0 aromatic rings. The Balaban J connectivity index is 0. The van der Waals surface area contributed by atoms with Gasteiger partial charge in [0.1, 0.15) is 0 Å². The van der Waals surface area contributed by atoms with E-state index in [1.54, 1.807) is 0 Å². The number of ether oxygens (including phenoxy) is 1. The van der Waals surface area contributed by atoms with Crippen molar-refractivity contribution in [1.82, 2.24) is 5.32 Å². The number of halogens is 1. The number of guanidine groups is 1. The first-order valence-corrected chi connectivity index (χ1v) is 6.14. The van der Waals surface area contributed by atoms with Gasteiger partial charge in [-0.3, -0.25) is 4.99 Å². The molecule has 0 rings (SSSR count). The normalized spacial score (nSPS) is 11.8. The fourth-order valence-electron chi connectivity index (χ4n) is 1.01. The molecule has 104 valence electrons. The smallest absolute Gasteiger partial charge is 0.188 e. The van der Waals surface area contributed by atoms with Crippen LogP contribution in [0.1, 0.15) is 34.1 Å². The number of nitrogens with one attached hydrogen (secondary N) is 1. The van der Waals surface area contributed by atoms with Crippen LogP contribution in [-0.2, 0) is 4.74 Å². The second-order valence-corrected chi connectivity index (χ2v) is 4.84. The summed E-state index contributed by atoms with van der Waals surface area (Å²) in [6.07, 6.45) is 1.11. The van der Waals surface area contributed by atoms with E-state index in [0.717, 1.165) is 26.1 Å². The number of hydrogen-bond acceptors (Lipinski definition) is 2. The van der Waals surface area contributed by atoms with Gasteiger partial charge in [0.25, 0.3) is 0 Å². The first-order chi connectivity index (χ1) is 7.52. The molecule has 0 saturated heterocycles. The second kappa shape index (κ2) is 12.4. The van der Waals surface area contributed by atoms with E-state index in [9.17, 15) is 0 Å². The van der Waals surface area contributed by atoms with Crippen LogP contribution in [0.25, 0.3) is 0 Å². The molecule has 0 aromatic carbocycles. The predicted molar refractivity (Wildman–Crippen MR) is 85.0 cm³/mol. The van der Waals surface area contributed by atoms with Crippen LogP contribution in [0.4, 0.5) is 0 Å². The molecule has 0 heterocycles. The lowest BCUT2D eigenvalue weighted by atomic mass is 10.1. The molecular formula is C12H28IN3O. The van der Waals surface area contributed by atoms with Crippen LogP contribution in [0.3, 0.4) is 0 Å². The summed E-state index contributed by atoms with van der Waals surface area (Å²) in [6, 6.07) is 0. The van der Waals surface area contributed by atoms with Crippen LogP contribution in [0, 0.1) is 11.8 Å². The van der Waals surface area contributed by atoms with Gasteiger partial charge in [0, 0.05) is 19.7 Å². The largest absolute Gasteiger partial charge is 0.380 e. The van der Waals surface area contributed by atoms with Crippen molar-refractivity contribution in [2.45, 2.75) is 34.1 Å². The zero-order valence-electron chi connectivity index (χ0n) is 11.5. The molecule has 0 aliphatic heterocycles. The van der Waals surface area contributed by atoms with Crippen LogP contribution in [0.2, 0.25) is 0 Å². The minimum atomic E-state index is 0. The van der Waals surface area contributed by atoms with Gasteiger partial charge in [-0.15, -0.1) is 24.0 Å². The van der Waals surface area contributed by atoms with Crippen LogP contribution in [0.15, 0.2) is 4.99 Å². The van der Waals surface area contributed by atoms with Crippen molar-refractivity contribution in [3.63, 3.8) is 0 Å². The molecule has 0 amide bonds. The van der Waals surface area contributed by atoms with Crippen molar-refractivity contribution in [3.05, 3.63) is 0 Å². The molecule has 5 heteroatoms. The molecule has 0 aliphatic rings. The lowest BCUT2D eigenvalue weighted by Crippen LogP contribution is -2.34. The Kier molecular flexibility index (Phi) is 14.1. The SMILES string of the molecule is CC(C)CCOCCNC(N)=NCC(C)C.I. The topological polar surface area (TPSA) is 59.6 Å². The monoisotopic (exact) mass is 357 g/mol. The zero-order valence-corrected chi connectivity index (χ0v) is 13.9. The lowest BCUT2D eigenvalue weighted by molar-refractivity contribution is 0.128. The third kappa shape index (κ3) is 16.0. The molecule has 0 radical (unpaired) electrons. The van der Waals surface area contributed by atoms with Crippen LogP contribution < -0.4 is 11.1 Å². The lowest BCUT2D eigenvalue weighted by Gasteiger charge is -2.08. The molecule has 17 heavy (non-hydrogen) atoms. The maximum absolute atomic E-state index is 5.67. The van der Waals surface area contributed by atoms with Crippen molar-refractivity contribution in [3.8, 4) is 0 Å². The molecular weight excluding hydrogens is 329 g/mol. The van der Waals surface area contributed by atoms with Crippen LogP contribution in [-0.4, -0.2) is 32.3 Å². The molecule has 4 nitrogen and oxygen atoms in total. The zero-order chi connectivity index (χ0) is 12.4. The summed E-state index contributed by atoms with van der Waals surface area (Å²) < 4.78 is 5.45. The fourth-order valence-corrected chi connectivity index (χ4v) is 1.01. The van der Waals surface area contributed by atoms with Gasteiger partial charge in [-0.05, 0) is 18.3 Å². The highest BCUT2D eigenvalue weighted by Crippen LogP contribution is 1.98. The van der Waals surface area contributed by atoms with E-state index in [4.69, 9.17) is 10.5 Å². The summed E-state index contributed by atoms with van der Waals surface area (Å²) in [5.74, 6) is 1.76. The molecule has 0 aliphatic carbocycles. The summed E-state index contributed by atoms with van der Waals surface area (Å²) in [7, 11) is 0. The molecule has 3 N–H and O–H groups in total. The number of nitrogens with zero attached hydrogens (tertiary/aromatic N) is 1. The summed E-state index contributed by atoms with van der Waals surface area (Å²) in [5, 5.41) is 3.03. The van der Waals surface area contributed by atoms with Gasteiger partial charge in [-0.2, -0.15) is 0 Å². The highest BCUT2D eigenvalue weighted by molar-refractivity contribution is 14.0. The summed E-state index contributed by atoms with van der Waals surface area (Å²) >= 11 is 0. The van der Waals surface area contributed by atoms with Crippen molar-refractivity contribution in [2.24, 2.45) is 22.6 Å². The van der Waals surface area contributed by atoms with E-state index in [1.807, 2.05) is 0 Å². The molecule has 0 aromatic heterocycles. The average Bonchev–Trinajstić information content (AvgIpc) is 2.19. The number of hydrogen-bond donors (Lipinski definition) is 2. The third-order valence-electron chi connectivity index (χ3n) is 2.02. The van der Waals surface area contributed by atoms with Crippen molar-refractivity contribution in [1.29, 1.82) is 0 Å². The first-order valence-electron chi connectivity index (χ1n) is 6.14. The van der Waals surface area contributed by atoms with Gasteiger partial charge < -0.3 is 15.8 Å². The Morgan fingerprint density at radius 2 is 1.82 bits per heavy atom. The molecule has 0 atom stereocenters. The Bertz CT molecular complexity index is 196. The van der Waals surface area contributed by atoms with Crippen LogP contribution in [0.5, 0.6) is 0 Å². The van der Waals surface area contributed by atoms with Gasteiger partial charge >= 0.3 is 0 Å². The van der Waals surface area contributed by atoms with E-state index in [1.165, 1.54) is 0 Å². The van der Waals surface area contributed by atoms with Crippen LogP contribution >= 0.6 is 24.0 Å². The molecule has 0 saturated carbocycles. The van der Waals surface area contributed by atoms with Gasteiger partial charge in [-0.1, -0.05) is 27.7 Å². The van der Waals surface area contributed by atoms with Gasteiger partial charge in [0.05, 0.1) is 6.61 Å². The summed E-state index contributed by atoms with van der Waals surface area (Å²) in [5.41, 5.74) is 5.67. The Morgan fingerprint density at radius 1 is 1.18 bits per heavy atom. The maximum atomic E-state index is 5.67. The first kappa shape index (κ1) is 19.3. The highest BCUT2D eigenvalue weighted by atomic mass is 127. The van der Waals surface area contributed by atoms with E-state index in [2.05, 4.69) is 38.0 Å². The van der Waals surface area contributed by atoms with Gasteiger partial charge in [-0.25, -0.2) is 0 Å². The molecule has 0 unspecified atom stereocenters. The maximum Gasteiger partial charge on any atom is 0.188 e. The Hall–Kier alpha value is -0.0400. The van der Waals surface area contributed by atoms with E-state index >= 15 is 0 Å². The predicted octanol–water partition coefficient (Wildman–Crippen LogP) is 2.23. The summed E-state index contributed by atoms with van der Waals surface area (Å²) in [4.78, 5) is 4.20. The van der Waals surface area contributed by atoms with E-state index < -0.39 is 0 Å². The Morgan fingerprint density at radius 3 is 2.35 bits per heavy atom.